The van der Waals surface area contributed by atoms with Gasteiger partial charge in [-0.25, -0.2) is 4.39 Å². The van der Waals surface area contributed by atoms with Crippen LogP contribution in [0.15, 0.2) is 12.3 Å². The number of hydrogen-bond acceptors (Lipinski definition) is 2. The van der Waals surface area contributed by atoms with Gasteiger partial charge >= 0.3 is 0 Å². The normalized spacial score (nSPS) is 10.4. The zero-order valence-corrected chi connectivity index (χ0v) is 11.1. The summed E-state index contributed by atoms with van der Waals surface area (Å²) < 4.78 is 14.1. The molecule has 0 unspecified atom stereocenters. The lowest BCUT2D eigenvalue weighted by Gasteiger charge is -2.07. The first-order valence-corrected chi connectivity index (χ1v) is 5.85. The van der Waals surface area contributed by atoms with Crippen LogP contribution in [0.5, 0.6) is 0 Å². The molecular weight excluding hydrogens is 341 g/mol. The van der Waals surface area contributed by atoms with E-state index in [1.807, 2.05) is 28.7 Å². The number of nitriles is 1. The average Bonchev–Trinajstić information content (AvgIpc) is 2.27. The summed E-state index contributed by atoms with van der Waals surface area (Å²) in [6, 6.07) is 3.62. The highest BCUT2D eigenvalue weighted by molar-refractivity contribution is 14.1. The second-order valence-electron chi connectivity index (χ2n) is 3.29. The van der Waals surface area contributed by atoms with E-state index in [9.17, 15) is 4.39 Å². The monoisotopic (exact) mass is 346 g/mol. The molecule has 1 heterocycles. The Morgan fingerprint density at radius 1 is 1.56 bits per heavy atom. The van der Waals surface area contributed by atoms with Crippen LogP contribution in [-0.4, -0.2) is 4.98 Å². The van der Waals surface area contributed by atoms with Crippen molar-refractivity contribution in [3.8, 4) is 6.07 Å². The van der Waals surface area contributed by atoms with E-state index in [1.165, 1.54) is 6.20 Å². The summed E-state index contributed by atoms with van der Waals surface area (Å²) in [4.78, 5) is 4.06. The van der Waals surface area contributed by atoms with Crippen molar-refractivity contribution in [1.29, 1.82) is 5.26 Å². The predicted molar refractivity (Wildman–Crippen MR) is 68.9 cm³/mol. The number of fused-ring (bicyclic) bond motifs is 1. The Morgan fingerprint density at radius 2 is 2.25 bits per heavy atom. The van der Waals surface area contributed by atoms with E-state index >= 15 is 0 Å². The number of nitrogens with zero attached hydrogens (tertiary/aromatic N) is 2. The lowest BCUT2D eigenvalue weighted by molar-refractivity contribution is 0.612. The molecule has 2 aromatic rings. The summed E-state index contributed by atoms with van der Waals surface area (Å²) in [5.74, 6) is -0.389. The number of rotatable bonds is 0. The fraction of sp³-hybridized carbons (Fsp3) is 0.0909. The van der Waals surface area contributed by atoms with Gasteiger partial charge in [-0.1, -0.05) is 11.6 Å². The van der Waals surface area contributed by atoms with Crippen LogP contribution in [0.3, 0.4) is 0 Å². The molecule has 2 rings (SSSR count). The molecule has 1 aromatic carbocycles. The molecule has 0 aliphatic rings. The number of benzene rings is 1. The standard InChI is InChI=1S/C11H5ClFIN2/c1-5-9(13)10(14)8(3-15)7-2-6(12)4-16-11(5)7/h2,4H,1H3. The summed E-state index contributed by atoms with van der Waals surface area (Å²) in [6.07, 6.45) is 1.45. The highest BCUT2D eigenvalue weighted by Gasteiger charge is 2.16. The van der Waals surface area contributed by atoms with Gasteiger partial charge in [-0.2, -0.15) is 5.26 Å². The quantitative estimate of drug-likeness (QED) is 0.680. The number of hydrogen-bond donors (Lipinski definition) is 0. The summed E-state index contributed by atoms with van der Waals surface area (Å²) in [5, 5.41) is 10.1. The molecule has 16 heavy (non-hydrogen) atoms. The molecule has 5 heteroatoms. The summed E-state index contributed by atoms with van der Waals surface area (Å²) in [7, 11) is 0. The van der Waals surface area contributed by atoms with Crippen molar-refractivity contribution in [1.82, 2.24) is 4.98 Å². The third kappa shape index (κ3) is 1.64. The number of aromatic nitrogens is 1. The smallest absolute Gasteiger partial charge is 0.142 e. The fourth-order valence-corrected chi connectivity index (χ4v) is 2.51. The molecule has 0 saturated carbocycles. The largest absolute Gasteiger partial charge is 0.254 e. The molecule has 1 aromatic heterocycles. The van der Waals surface area contributed by atoms with Crippen molar-refractivity contribution < 1.29 is 4.39 Å². The molecule has 0 spiro atoms. The average molecular weight is 347 g/mol. The zero-order chi connectivity index (χ0) is 11.9. The number of halogens is 3. The molecule has 80 valence electrons. The Bertz CT molecular complexity index is 634. The van der Waals surface area contributed by atoms with Crippen LogP contribution in [0.25, 0.3) is 10.9 Å². The van der Waals surface area contributed by atoms with E-state index in [0.29, 0.717) is 25.1 Å². The minimum Gasteiger partial charge on any atom is -0.254 e. The third-order valence-electron chi connectivity index (χ3n) is 2.33. The zero-order valence-electron chi connectivity index (χ0n) is 8.18. The van der Waals surface area contributed by atoms with Crippen LogP contribution in [0.2, 0.25) is 5.02 Å². The van der Waals surface area contributed by atoms with Gasteiger partial charge in [-0.15, -0.1) is 0 Å². The highest BCUT2D eigenvalue weighted by Crippen LogP contribution is 2.30. The molecule has 0 N–H and O–H groups in total. The SMILES string of the molecule is Cc1c(F)c(I)c(C#N)c2cc(Cl)cnc12. The Morgan fingerprint density at radius 3 is 2.88 bits per heavy atom. The first-order valence-electron chi connectivity index (χ1n) is 4.39. The summed E-state index contributed by atoms with van der Waals surface area (Å²) in [5.41, 5.74) is 1.21. The van der Waals surface area contributed by atoms with Gasteiger partial charge in [0.05, 0.1) is 19.7 Å². The van der Waals surface area contributed by atoms with Gasteiger partial charge in [0, 0.05) is 17.1 Å². The van der Waals surface area contributed by atoms with E-state index in [0.717, 1.165) is 0 Å². The first kappa shape index (κ1) is 11.6. The molecule has 0 amide bonds. The topological polar surface area (TPSA) is 36.7 Å². The Labute approximate surface area is 110 Å². The van der Waals surface area contributed by atoms with Crippen molar-refractivity contribution in [2.24, 2.45) is 0 Å². The van der Waals surface area contributed by atoms with Crippen LogP contribution in [0.4, 0.5) is 4.39 Å². The maximum absolute atomic E-state index is 13.8. The second kappa shape index (κ2) is 4.15. The molecule has 0 atom stereocenters. The van der Waals surface area contributed by atoms with E-state index in [-0.39, 0.29) is 11.4 Å². The second-order valence-corrected chi connectivity index (χ2v) is 4.80. The minimum absolute atomic E-state index is 0.286. The molecule has 0 radical (unpaired) electrons. The van der Waals surface area contributed by atoms with Crippen molar-refractivity contribution >= 4 is 45.1 Å². The third-order valence-corrected chi connectivity index (χ3v) is 3.55. The Hall–Kier alpha value is -0.930. The van der Waals surface area contributed by atoms with Crippen LogP contribution in [0.1, 0.15) is 11.1 Å². The molecule has 0 saturated heterocycles. The number of aryl methyl sites for hydroxylation is 1. The lowest BCUT2D eigenvalue weighted by atomic mass is 10.0. The van der Waals surface area contributed by atoms with Gasteiger partial charge < -0.3 is 0 Å². The molecule has 0 bridgehead atoms. The van der Waals surface area contributed by atoms with E-state index in [1.54, 1.807) is 13.0 Å². The fourth-order valence-electron chi connectivity index (χ4n) is 1.53. The molecule has 0 aliphatic carbocycles. The highest BCUT2D eigenvalue weighted by atomic mass is 127. The summed E-state index contributed by atoms with van der Waals surface area (Å²) >= 11 is 7.65. The van der Waals surface area contributed by atoms with Gasteiger partial charge in [0.15, 0.2) is 0 Å². The lowest BCUT2D eigenvalue weighted by Crippen LogP contribution is -1.97. The van der Waals surface area contributed by atoms with Gasteiger partial charge in [-0.3, -0.25) is 4.98 Å². The van der Waals surface area contributed by atoms with Gasteiger partial charge in [-0.05, 0) is 35.6 Å². The molecule has 0 fully saturated rings. The van der Waals surface area contributed by atoms with Crippen LogP contribution < -0.4 is 0 Å². The van der Waals surface area contributed by atoms with E-state index < -0.39 is 0 Å². The van der Waals surface area contributed by atoms with Gasteiger partial charge in [0.1, 0.15) is 11.9 Å². The Balaban J connectivity index is 3.06. The molecular formula is C11H5ClFIN2. The summed E-state index contributed by atoms with van der Waals surface area (Å²) in [6.45, 7) is 1.64. The van der Waals surface area contributed by atoms with Crippen molar-refractivity contribution in [3.05, 3.63) is 37.8 Å². The van der Waals surface area contributed by atoms with E-state index in [2.05, 4.69) is 4.98 Å². The molecule has 2 nitrogen and oxygen atoms in total. The number of pyridine rings is 1. The van der Waals surface area contributed by atoms with Crippen LogP contribution >= 0.6 is 34.2 Å². The first-order chi connectivity index (χ1) is 7.56. The van der Waals surface area contributed by atoms with Crippen LogP contribution in [-0.2, 0) is 0 Å². The van der Waals surface area contributed by atoms with Gasteiger partial charge in [0.2, 0.25) is 0 Å². The van der Waals surface area contributed by atoms with Gasteiger partial charge in [0.25, 0.3) is 0 Å². The van der Waals surface area contributed by atoms with E-state index in [4.69, 9.17) is 16.9 Å². The molecule has 0 aliphatic heterocycles. The maximum Gasteiger partial charge on any atom is 0.142 e. The maximum atomic E-state index is 13.8. The van der Waals surface area contributed by atoms with Crippen molar-refractivity contribution in [3.63, 3.8) is 0 Å². The van der Waals surface area contributed by atoms with Crippen LogP contribution in [0, 0.1) is 27.6 Å². The predicted octanol–water partition coefficient (Wildman–Crippen LogP) is 3.81. The Kier molecular flexibility index (Phi) is 3.00. The van der Waals surface area contributed by atoms with Crippen molar-refractivity contribution in [2.75, 3.05) is 0 Å². The van der Waals surface area contributed by atoms with Crippen molar-refractivity contribution in [2.45, 2.75) is 6.92 Å². The minimum atomic E-state index is -0.389.